The summed E-state index contributed by atoms with van der Waals surface area (Å²) in [7, 11) is 0. The van der Waals surface area contributed by atoms with Crippen LogP contribution >= 0.6 is 12.4 Å². The van der Waals surface area contributed by atoms with E-state index in [1.54, 1.807) is 0 Å². The highest BCUT2D eigenvalue weighted by molar-refractivity contribution is 5.85. The van der Waals surface area contributed by atoms with Crippen molar-refractivity contribution in [2.45, 2.75) is 38.6 Å². The summed E-state index contributed by atoms with van der Waals surface area (Å²) in [5, 5.41) is 9.00. The van der Waals surface area contributed by atoms with Gasteiger partial charge in [0.05, 0.1) is 5.92 Å². The molecule has 0 atom stereocenters. The summed E-state index contributed by atoms with van der Waals surface area (Å²) in [6.07, 6.45) is 5.34. The van der Waals surface area contributed by atoms with E-state index in [1.165, 1.54) is 36.0 Å². The zero-order valence-corrected chi connectivity index (χ0v) is 12.5. The van der Waals surface area contributed by atoms with Gasteiger partial charge in [0.1, 0.15) is 0 Å². The molecule has 1 aromatic carbocycles. The van der Waals surface area contributed by atoms with Crippen LogP contribution in [0.3, 0.4) is 0 Å². The lowest BCUT2D eigenvalue weighted by Crippen LogP contribution is -2.35. The lowest BCUT2D eigenvalue weighted by Gasteiger charge is -2.30. The van der Waals surface area contributed by atoms with Gasteiger partial charge in [0.25, 0.3) is 0 Å². The van der Waals surface area contributed by atoms with Crippen LogP contribution in [0.25, 0.3) is 0 Å². The number of piperidine rings is 1. The molecule has 2 aliphatic rings. The van der Waals surface area contributed by atoms with Gasteiger partial charge in [0.15, 0.2) is 0 Å². The lowest BCUT2D eigenvalue weighted by molar-refractivity contribution is -0.143. The number of aryl methyl sites for hydroxylation is 2. The fourth-order valence-electron chi connectivity index (χ4n) is 3.32. The van der Waals surface area contributed by atoms with Crippen molar-refractivity contribution in [2.24, 2.45) is 5.92 Å². The maximum absolute atomic E-state index is 10.9. The van der Waals surface area contributed by atoms with Crippen LogP contribution in [0.5, 0.6) is 0 Å². The Hall–Kier alpha value is -1.06. The second-order valence-electron chi connectivity index (χ2n) is 5.85. The number of rotatable bonds is 3. The van der Waals surface area contributed by atoms with Gasteiger partial charge in [0.2, 0.25) is 0 Å². The van der Waals surface area contributed by atoms with Crippen LogP contribution in [0.15, 0.2) is 18.2 Å². The quantitative estimate of drug-likeness (QED) is 0.932. The van der Waals surface area contributed by atoms with E-state index in [2.05, 4.69) is 23.1 Å². The first kappa shape index (κ1) is 15.3. The normalized spacial score (nSPS) is 19.4. The molecule has 0 saturated carbocycles. The van der Waals surface area contributed by atoms with Crippen molar-refractivity contribution in [3.63, 3.8) is 0 Å². The molecule has 1 aliphatic heterocycles. The second-order valence-corrected chi connectivity index (χ2v) is 5.85. The standard InChI is InChI=1S/C16H21NO2.ClH/c18-16(19)14-6-8-17(9-7-14)11-12-4-5-13-2-1-3-15(13)10-12;/h4-5,10,14H,1-3,6-9,11H2,(H,18,19);1H. The van der Waals surface area contributed by atoms with Gasteiger partial charge in [-0.15, -0.1) is 12.4 Å². The largest absolute Gasteiger partial charge is 0.481 e. The zero-order valence-electron chi connectivity index (χ0n) is 11.7. The average molecular weight is 296 g/mol. The molecule has 110 valence electrons. The van der Waals surface area contributed by atoms with Crippen molar-refractivity contribution in [1.82, 2.24) is 4.90 Å². The first-order valence-corrected chi connectivity index (χ1v) is 7.28. The predicted octanol–water partition coefficient (Wildman–Crippen LogP) is 2.89. The van der Waals surface area contributed by atoms with Gasteiger partial charge in [-0.2, -0.15) is 0 Å². The molecule has 0 amide bonds. The number of carboxylic acid groups (broad SMARTS) is 1. The van der Waals surface area contributed by atoms with Gasteiger partial charge >= 0.3 is 5.97 Å². The summed E-state index contributed by atoms with van der Waals surface area (Å²) >= 11 is 0. The Kier molecular flexibility index (Phi) is 5.06. The van der Waals surface area contributed by atoms with E-state index in [-0.39, 0.29) is 18.3 Å². The average Bonchev–Trinajstić information content (AvgIpc) is 2.87. The molecule has 4 heteroatoms. The minimum absolute atomic E-state index is 0. The Labute approximate surface area is 126 Å². The molecule has 0 bridgehead atoms. The van der Waals surface area contributed by atoms with E-state index in [1.807, 2.05) is 0 Å². The first-order chi connectivity index (χ1) is 9.22. The molecule has 3 nitrogen and oxygen atoms in total. The summed E-state index contributed by atoms with van der Waals surface area (Å²) in [5.74, 6) is -0.756. The van der Waals surface area contributed by atoms with Crippen molar-refractivity contribution >= 4 is 18.4 Å². The molecular formula is C16H22ClNO2. The van der Waals surface area contributed by atoms with Gasteiger partial charge < -0.3 is 5.11 Å². The molecule has 1 fully saturated rings. The number of aliphatic carboxylic acids is 1. The predicted molar refractivity (Wildman–Crippen MR) is 81.4 cm³/mol. The first-order valence-electron chi connectivity index (χ1n) is 7.28. The Morgan fingerprint density at radius 2 is 1.90 bits per heavy atom. The van der Waals surface area contributed by atoms with Crippen LogP contribution in [-0.2, 0) is 24.2 Å². The monoisotopic (exact) mass is 295 g/mol. The van der Waals surface area contributed by atoms with Gasteiger partial charge in [0, 0.05) is 6.54 Å². The molecule has 0 unspecified atom stereocenters. The van der Waals surface area contributed by atoms with E-state index >= 15 is 0 Å². The third kappa shape index (κ3) is 3.33. The van der Waals surface area contributed by atoms with Crippen molar-refractivity contribution in [3.05, 3.63) is 34.9 Å². The van der Waals surface area contributed by atoms with Crippen LogP contribution in [-0.4, -0.2) is 29.1 Å². The molecule has 1 aromatic rings. The number of halogens is 1. The van der Waals surface area contributed by atoms with Gasteiger partial charge in [-0.1, -0.05) is 18.2 Å². The molecular weight excluding hydrogens is 274 g/mol. The van der Waals surface area contributed by atoms with Crippen LogP contribution < -0.4 is 0 Å². The molecule has 3 rings (SSSR count). The third-order valence-corrected chi connectivity index (χ3v) is 4.51. The molecule has 0 spiro atoms. The third-order valence-electron chi connectivity index (χ3n) is 4.51. The van der Waals surface area contributed by atoms with E-state index in [9.17, 15) is 4.79 Å². The fraction of sp³-hybridized carbons (Fsp3) is 0.562. The number of fused-ring (bicyclic) bond motifs is 1. The minimum atomic E-state index is -0.628. The molecule has 1 N–H and O–H groups in total. The Bertz CT molecular complexity index is 481. The minimum Gasteiger partial charge on any atom is -0.481 e. The van der Waals surface area contributed by atoms with E-state index in [4.69, 9.17) is 5.11 Å². The SMILES string of the molecule is Cl.O=C(O)C1CCN(Cc2ccc3c(c2)CCC3)CC1. The van der Waals surface area contributed by atoms with E-state index < -0.39 is 5.97 Å². The smallest absolute Gasteiger partial charge is 0.306 e. The number of hydrogen-bond acceptors (Lipinski definition) is 2. The summed E-state index contributed by atoms with van der Waals surface area (Å²) in [4.78, 5) is 13.3. The fourth-order valence-corrected chi connectivity index (χ4v) is 3.32. The van der Waals surface area contributed by atoms with Crippen LogP contribution in [0.1, 0.15) is 36.0 Å². The number of nitrogens with zero attached hydrogens (tertiary/aromatic N) is 1. The summed E-state index contributed by atoms with van der Waals surface area (Å²) in [6.45, 7) is 2.79. The lowest BCUT2D eigenvalue weighted by atomic mass is 9.96. The molecule has 1 heterocycles. The van der Waals surface area contributed by atoms with Crippen LogP contribution in [0.2, 0.25) is 0 Å². The van der Waals surface area contributed by atoms with E-state index in [0.29, 0.717) is 0 Å². The van der Waals surface area contributed by atoms with Gasteiger partial charge in [-0.25, -0.2) is 0 Å². The highest BCUT2D eigenvalue weighted by atomic mass is 35.5. The number of likely N-dealkylation sites (tertiary alicyclic amines) is 1. The van der Waals surface area contributed by atoms with Crippen LogP contribution in [0, 0.1) is 5.92 Å². The highest BCUT2D eigenvalue weighted by Gasteiger charge is 2.24. The molecule has 1 saturated heterocycles. The van der Waals surface area contributed by atoms with Gasteiger partial charge in [-0.05, 0) is 61.9 Å². The maximum Gasteiger partial charge on any atom is 0.306 e. The zero-order chi connectivity index (χ0) is 13.2. The van der Waals surface area contributed by atoms with Crippen molar-refractivity contribution < 1.29 is 9.90 Å². The number of benzene rings is 1. The molecule has 0 radical (unpaired) electrons. The van der Waals surface area contributed by atoms with E-state index in [0.717, 1.165) is 32.5 Å². The molecule has 0 aromatic heterocycles. The summed E-state index contributed by atoms with van der Waals surface area (Å²) < 4.78 is 0. The number of carbonyl (C=O) groups is 1. The second kappa shape index (κ2) is 6.59. The van der Waals surface area contributed by atoms with Crippen molar-refractivity contribution in [3.8, 4) is 0 Å². The molecule has 1 aliphatic carbocycles. The number of hydrogen-bond donors (Lipinski definition) is 1. The Morgan fingerprint density at radius 1 is 1.20 bits per heavy atom. The highest BCUT2D eigenvalue weighted by Crippen LogP contribution is 2.24. The van der Waals surface area contributed by atoms with Crippen LogP contribution in [0.4, 0.5) is 0 Å². The Morgan fingerprint density at radius 3 is 2.60 bits per heavy atom. The Balaban J connectivity index is 0.00000147. The van der Waals surface area contributed by atoms with Gasteiger partial charge in [-0.3, -0.25) is 9.69 Å². The van der Waals surface area contributed by atoms with Crippen molar-refractivity contribution in [2.75, 3.05) is 13.1 Å². The molecule has 20 heavy (non-hydrogen) atoms. The maximum atomic E-state index is 10.9. The number of carboxylic acids is 1. The summed E-state index contributed by atoms with van der Waals surface area (Å²) in [6, 6.07) is 6.88. The topological polar surface area (TPSA) is 40.5 Å². The summed E-state index contributed by atoms with van der Waals surface area (Å²) in [5.41, 5.74) is 4.43. The van der Waals surface area contributed by atoms with Crippen molar-refractivity contribution in [1.29, 1.82) is 0 Å².